The van der Waals surface area contributed by atoms with Gasteiger partial charge in [0.05, 0.1) is 16.8 Å². The average molecular weight is 489 g/mol. The van der Waals surface area contributed by atoms with Gasteiger partial charge in [0.1, 0.15) is 0 Å². The fraction of sp³-hybridized carbons (Fsp3) is 0.0909. The number of aryl methyl sites for hydroxylation is 2. The molecule has 5 nitrogen and oxygen atoms in total. The summed E-state index contributed by atoms with van der Waals surface area (Å²) < 4.78 is 0.778. The zero-order valence-electron chi connectivity index (χ0n) is 15.4. The predicted molar refractivity (Wildman–Crippen MR) is 119 cm³/mol. The van der Waals surface area contributed by atoms with E-state index in [0.717, 1.165) is 20.4 Å². The van der Waals surface area contributed by atoms with Crippen LogP contribution in [0.3, 0.4) is 0 Å². The molecule has 0 bridgehead atoms. The lowest BCUT2D eigenvalue weighted by atomic mass is 10.1. The van der Waals surface area contributed by atoms with E-state index in [9.17, 15) is 9.59 Å². The molecule has 6 heteroatoms. The maximum Gasteiger partial charge on any atom is 0.337 e. The summed E-state index contributed by atoms with van der Waals surface area (Å²) in [5.41, 5.74) is 4.05. The van der Waals surface area contributed by atoms with Gasteiger partial charge in [-0.1, -0.05) is 41.5 Å². The number of nitrogens with one attached hydrogen (secondary N) is 1. The van der Waals surface area contributed by atoms with Gasteiger partial charge in [0.25, 0.3) is 0 Å². The molecular formula is C22H20INO4. The molecular weight excluding hydrogens is 469 g/mol. The second kappa shape index (κ2) is 9.89. The zero-order valence-corrected chi connectivity index (χ0v) is 17.6. The fourth-order valence-corrected chi connectivity index (χ4v) is 2.99. The zero-order chi connectivity index (χ0) is 20.7. The van der Waals surface area contributed by atoms with Crippen LogP contribution in [0.25, 0.3) is 0 Å². The fourth-order valence-electron chi connectivity index (χ4n) is 2.42. The maximum atomic E-state index is 11.1. The molecule has 0 aliphatic carbocycles. The van der Waals surface area contributed by atoms with Gasteiger partial charge in [-0.05, 0) is 72.8 Å². The first-order chi connectivity index (χ1) is 13.3. The topological polar surface area (TPSA) is 86.6 Å². The molecule has 0 aliphatic rings. The third-order valence-electron chi connectivity index (χ3n) is 3.81. The van der Waals surface area contributed by atoms with Crippen molar-refractivity contribution in [1.82, 2.24) is 0 Å². The van der Waals surface area contributed by atoms with Crippen LogP contribution in [0.15, 0.2) is 66.7 Å². The molecule has 0 radical (unpaired) electrons. The minimum atomic E-state index is -0.924. The van der Waals surface area contributed by atoms with E-state index >= 15 is 0 Å². The number of carboxylic acid groups (broad SMARTS) is 2. The molecule has 3 N–H and O–H groups in total. The Bertz CT molecular complexity index is 987. The van der Waals surface area contributed by atoms with E-state index in [1.54, 1.807) is 24.3 Å². The Morgan fingerprint density at radius 1 is 0.786 bits per heavy atom. The van der Waals surface area contributed by atoms with E-state index < -0.39 is 11.9 Å². The molecule has 0 unspecified atom stereocenters. The molecule has 0 aromatic heterocycles. The minimum absolute atomic E-state index is 0.286. The van der Waals surface area contributed by atoms with Crippen LogP contribution in [-0.2, 0) is 0 Å². The largest absolute Gasteiger partial charge is 0.478 e. The molecule has 0 atom stereocenters. The number of hydrogen-bond donors (Lipinski definition) is 3. The van der Waals surface area contributed by atoms with Crippen molar-refractivity contribution < 1.29 is 19.8 Å². The normalized spacial score (nSPS) is 9.82. The monoisotopic (exact) mass is 489 g/mol. The van der Waals surface area contributed by atoms with E-state index in [1.807, 2.05) is 78.9 Å². The molecule has 3 rings (SSSR count). The van der Waals surface area contributed by atoms with Crippen LogP contribution in [-0.4, -0.2) is 22.2 Å². The molecule has 144 valence electrons. The Kier molecular flexibility index (Phi) is 7.57. The summed E-state index contributed by atoms with van der Waals surface area (Å²) in [6.07, 6.45) is 0. The van der Waals surface area contributed by atoms with Crippen molar-refractivity contribution in [3.05, 3.63) is 92.6 Å². The van der Waals surface area contributed by atoms with Gasteiger partial charge >= 0.3 is 11.9 Å². The summed E-state index contributed by atoms with van der Waals surface area (Å²) in [6, 6.07) is 20.2. The highest BCUT2D eigenvalue weighted by atomic mass is 127. The molecule has 0 heterocycles. The van der Waals surface area contributed by atoms with E-state index in [4.69, 9.17) is 10.2 Å². The van der Waals surface area contributed by atoms with E-state index in [2.05, 4.69) is 5.32 Å². The molecule has 0 saturated carbocycles. The van der Waals surface area contributed by atoms with Gasteiger partial charge in [0.2, 0.25) is 0 Å². The van der Waals surface area contributed by atoms with Gasteiger partial charge in [0, 0.05) is 9.26 Å². The molecule has 0 spiro atoms. The molecule has 28 heavy (non-hydrogen) atoms. The number of halogens is 1. The standard InChI is InChI=1S/C14H13NO2.C8H7IO2/c1-10-7-8-13(12(9-10)14(16)17)15-11-5-3-2-4-6-11;1-5-2-3-7(9)6(4-5)8(10)11/h2-9,15H,1H3,(H,16,17);2-4H,1H3,(H,10,11). The van der Waals surface area contributed by atoms with Crippen molar-refractivity contribution in [3.63, 3.8) is 0 Å². The highest BCUT2D eigenvalue weighted by Gasteiger charge is 2.10. The van der Waals surface area contributed by atoms with Crippen LogP contribution in [0.5, 0.6) is 0 Å². The maximum absolute atomic E-state index is 11.1. The quantitative estimate of drug-likeness (QED) is 0.408. The molecule has 0 fully saturated rings. The van der Waals surface area contributed by atoms with Crippen molar-refractivity contribution in [2.75, 3.05) is 5.32 Å². The Labute approximate surface area is 177 Å². The van der Waals surface area contributed by atoms with Crippen LogP contribution >= 0.6 is 22.6 Å². The summed E-state index contributed by atoms with van der Waals surface area (Å²) in [4.78, 5) is 21.7. The second-order valence-electron chi connectivity index (χ2n) is 6.13. The van der Waals surface area contributed by atoms with Gasteiger partial charge in [-0.25, -0.2) is 9.59 Å². The number of carboxylic acids is 2. The average Bonchev–Trinajstić information content (AvgIpc) is 2.66. The third-order valence-corrected chi connectivity index (χ3v) is 4.75. The lowest BCUT2D eigenvalue weighted by Gasteiger charge is -2.10. The van der Waals surface area contributed by atoms with Gasteiger partial charge in [-0.15, -0.1) is 0 Å². The van der Waals surface area contributed by atoms with E-state index in [0.29, 0.717) is 11.3 Å². The smallest absolute Gasteiger partial charge is 0.337 e. The summed E-state index contributed by atoms with van der Waals surface area (Å²) in [7, 11) is 0. The summed E-state index contributed by atoms with van der Waals surface area (Å²) >= 11 is 2.01. The van der Waals surface area contributed by atoms with Crippen molar-refractivity contribution in [1.29, 1.82) is 0 Å². The molecule has 0 amide bonds. The van der Waals surface area contributed by atoms with Crippen molar-refractivity contribution in [2.24, 2.45) is 0 Å². The lowest BCUT2D eigenvalue weighted by Crippen LogP contribution is -2.03. The molecule has 0 aliphatic heterocycles. The lowest BCUT2D eigenvalue weighted by molar-refractivity contribution is 0.0686. The van der Waals surface area contributed by atoms with Gasteiger partial charge in [-0.2, -0.15) is 0 Å². The highest BCUT2D eigenvalue weighted by molar-refractivity contribution is 14.1. The van der Waals surface area contributed by atoms with Crippen LogP contribution in [0.1, 0.15) is 31.8 Å². The van der Waals surface area contributed by atoms with Crippen LogP contribution in [0, 0.1) is 17.4 Å². The number of benzene rings is 3. The number of rotatable bonds is 4. The summed E-state index contributed by atoms with van der Waals surface area (Å²) in [5, 5.41) is 20.9. The van der Waals surface area contributed by atoms with Crippen LogP contribution in [0.2, 0.25) is 0 Å². The molecule has 0 saturated heterocycles. The van der Waals surface area contributed by atoms with E-state index in [-0.39, 0.29) is 5.56 Å². The Morgan fingerprint density at radius 3 is 1.86 bits per heavy atom. The van der Waals surface area contributed by atoms with Crippen LogP contribution in [0.4, 0.5) is 11.4 Å². The second-order valence-corrected chi connectivity index (χ2v) is 7.30. The highest BCUT2D eigenvalue weighted by Crippen LogP contribution is 2.22. The number of aromatic carboxylic acids is 2. The number of anilines is 2. The predicted octanol–water partition coefficient (Wildman–Crippen LogP) is 5.73. The Morgan fingerprint density at radius 2 is 1.32 bits per heavy atom. The number of hydrogen-bond acceptors (Lipinski definition) is 3. The first kappa shape index (κ1) is 21.4. The van der Waals surface area contributed by atoms with Gasteiger partial charge in [0.15, 0.2) is 0 Å². The van der Waals surface area contributed by atoms with E-state index in [1.165, 1.54) is 0 Å². The van der Waals surface area contributed by atoms with Gasteiger partial charge in [-0.3, -0.25) is 0 Å². The third kappa shape index (κ3) is 6.09. The SMILES string of the molecule is Cc1ccc(I)c(C(=O)O)c1.Cc1ccc(Nc2ccccc2)c(C(=O)O)c1. The number of para-hydroxylation sites is 1. The van der Waals surface area contributed by atoms with Crippen molar-refractivity contribution >= 4 is 45.9 Å². The number of carbonyl (C=O) groups is 2. The van der Waals surface area contributed by atoms with Crippen LogP contribution < -0.4 is 5.32 Å². The first-order valence-corrected chi connectivity index (χ1v) is 9.51. The Balaban J connectivity index is 0.000000221. The summed E-state index contributed by atoms with van der Waals surface area (Å²) in [6.45, 7) is 3.75. The van der Waals surface area contributed by atoms with Crippen molar-refractivity contribution in [2.45, 2.75) is 13.8 Å². The molecule has 3 aromatic rings. The minimum Gasteiger partial charge on any atom is -0.478 e. The first-order valence-electron chi connectivity index (χ1n) is 8.43. The Hall–Kier alpha value is -2.87. The van der Waals surface area contributed by atoms with Gasteiger partial charge < -0.3 is 15.5 Å². The summed E-state index contributed by atoms with van der Waals surface area (Å²) in [5.74, 6) is -1.79. The van der Waals surface area contributed by atoms with Crippen molar-refractivity contribution in [3.8, 4) is 0 Å². The molecule has 3 aromatic carbocycles.